The number of halogens is 1. The summed E-state index contributed by atoms with van der Waals surface area (Å²) in [6, 6.07) is 14.6. The Hall–Kier alpha value is -2.32. The first-order valence-electron chi connectivity index (χ1n) is 8.77. The SMILES string of the molecule is CCOc1ccc(N=C2S[C@@H](C(=O)Nc3ccc(Br)cc3)CC(=O)N2C)cc1. The van der Waals surface area contributed by atoms with Gasteiger partial charge in [-0.1, -0.05) is 27.7 Å². The third kappa shape index (κ3) is 5.14. The van der Waals surface area contributed by atoms with Crippen LogP contribution in [0, 0.1) is 0 Å². The Kier molecular flexibility index (Phi) is 6.74. The predicted octanol–water partition coefficient (Wildman–Crippen LogP) is 4.44. The molecule has 0 saturated carbocycles. The maximum Gasteiger partial charge on any atom is 0.238 e. The number of thioether (sulfide) groups is 1. The number of ether oxygens (including phenoxy) is 1. The lowest BCUT2D eigenvalue weighted by atomic mass is 10.2. The average Bonchev–Trinajstić information content (AvgIpc) is 2.68. The van der Waals surface area contributed by atoms with Crippen LogP contribution in [0.25, 0.3) is 0 Å². The Morgan fingerprint density at radius 2 is 1.93 bits per heavy atom. The first-order valence-corrected chi connectivity index (χ1v) is 10.4. The van der Waals surface area contributed by atoms with Crippen LogP contribution < -0.4 is 10.1 Å². The minimum atomic E-state index is -0.534. The Labute approximate surface area is 176 Å². The Balaban J connectivity index is 1.73. The molecular weight excluding hydrogens is 442 g/mol. The number of hydrogen-bond donors (Lipinski definition) is 1. The van der Waals surface area contributed by atoms with Gasteiger partial charge in [-0.15, -0.1) is 0 Å². The van der Waals surface area contributed by atoms with Crippen LogP contribution in [0.4, 0.5) is 11.4 Å². The highest BCUT2D eigenvalue weighted by Gasteiger charge is 2.34. The summed E-state index contributed by atoms with van der Waals surface area (Å²) in [5.74, 6) is 0.409. The van der Waals surface area contributed by atoms with Crippen LogP contribution in [0.15, 0.2) is 58.0 Å². The van der Waals surface area contributed by atoms with E-state index in [4.69, 9.17) is 4.74 Å². The number of nitrogens with one attached hydrogen (secondary N) is 1. The number of amidine groups is 1. The summed E-state index contributed by atoms with van der Waals surface area (Å²) in [6.45, 7) is 2.52. The van der Waals surface area contributed by atoms with Gasteiger partial charge in [0, 0.05) is 23.6 Å². The third-order valence-corrected chi connectivity index (χ3v) is 5.82. The van der Waals surface area contributed by atoms with E-state index < -0.39 is 5.25 Å². The van der Waals surface area contributed by atoms with E-state index in [1.165, 1.54) is 16.7 Å². The fourth-order valence-electron chi connectivity index (χ4n) is 2.55. The zero-order valence-electron chi connectivity index (χ0n) is 15.5. The molecule has 3 rings (SSSR count). The van der Waals surface area contributed by atoms with Crippen molar-refractivity contribution in [2.24, 2.45) is 4.99 Å². The summed E-state index contributed by atoms with van der Waals surface area (Å²) in [5, 5.41) is 2.82. The van der Waals surface area contributed by atoms with Crippen LogP contribution >= 0.6 is 27.7 Å². The van der Waals surface area contributed by atoms with Crippen LogP contribution in [-0.2, 0) is 9.59 Å². The van der Waals surface area contributed by atoms with Gasteiger partial charge in [0.05, 0.1) is 12.3 Å². The largest absolute Gasteiger partial charge is 0.494 e. The predicted molar refractivity (Wildman–Crippen MR) is 116 cm³/mol. The van der Waals surface area contributed by atoms with Gasteiger partial charge in [-0.25, -0.2) is 4.99 Å². The molecule has 2 aromatic carbocycles. The zero-order chi connectivity index (χ0) is 20.1. The molecule has 1 saturated heterocycles. The lowest BCUT2D eigenvalue weighted by Crippen LogP contribution is -2.43. The number of nitrogens with zero attached hydrogens (tertiary/aromatic N) is 2. The van der Waals surface area contributed by atoms with Crippen LogP contribution in [-0.4, -0.2) is 40.8 Å². The second-order valence-corrected chi connectivity index (χ2v) is 8.17. The molecule has 1 atom stereocenters. The number of anilines is 1. The monoisotopic (exact) mass is 461 g/mol. The second kappa shape index (κ2) is 9.25. The van der Waals surface area contributed by atoms with Gasteiger partial charge in [0.1, 0.15) is 11.0 Å². The van der Waals surface area contributed by atoms with Crippen molar-refractivity contribution in [3.05, 3.63) is 53.0 Å². The first kappa shape index (κ1) is 20.4. The van der Waals surface area contributed by atoms with E-state index in [1.807, 2.05) is 43.3 Å². The van der Waals surface area contributed by atoms with Crippen molar-refractivity contribution < 1.29 is 14.3 Å². The highest BCUT2D eigenvalue weighted by Crippen LogP contribution is 2.29. The minimum Gasteiger partial charge on any atom is -0.494 e. The number of hydrogen-bond acceptors (Lipinski definition) is 5. The van der Waals surface area contributed by atoms with E-state index in [0.717, 1.165) is 10.2 Å². The molecule has 2 aromatic rings. The number of carbonyl (C=O) groups excluding carboxylic acids is 2. The summed E-state index contributed by atoms with van der Waals surface area (Å²) in [5.41, 5.74) is 1.38. The molecule has 28 heavy (non-hydrogen) atoms. The van der Waals surface area contributed by atoms with Crippen LogP contribution in [0.1, 0.15) is 13.3 Å². The Bertz CT molecular complexity index is 885. The summed E-state index contributed by atoms with van der Waals surface area (Å²) in [6.07, 6.45) is 0.131. The van der Waals surface area contributed by atoms with E-state index in [0.29, 0.717) is 23.1 Å². The van der Waals surface area contributed by atoms with E-state index in [9.17, 15) is 9.59 Å². The van der Waals surface area contributed by atoms with Gasteiger partial charge in [0.2, 0.25) is 11.8 Å². The van der Waals surface area contributed by atoms with Gasteiger partial charge in [0.15, 0.2) is 5.17 Å². The van der Waals surface area contributed by atoms with Crippen molar-refractivity contribution in [1.82, 2.24) is 4.90 Å². The maximum atomic E-state index is 12.6. The van der Waals surface area contributed by atoms with Crippen molar-refractivity contribution in [2.45, 2.75) is 18.6 Å². The van der Waals surface area contributed by atoms with Crippen LogP contribution in [0.5, 0.6) is 5.75 Å². The van der Waals surface area contributed by atoms with Gasteiger partial charge < -0.3 is 10.1 Å². The fraction of sp³-hybridized carbons (Fsp3) is 0.250. The van der Waals surface area contributed by atoms with Gasteiger partial charge in [-0.05, 0) is 55.5 Å². The van der Waals surface area contributed by atoms with Crippen molar-refractivity contribution in [3.8, 4) is 5.75 Å². The molecule has 0 bridgehead atoms. The minimum absolute atomic E-state index is 0.131. The summed E-state index contributed by atoms with van der Waals surface area (Å²) >= 11 is 4.65. The molecular formula is C20H20BrN3O3S. The van der Waals surface area contributed by atoms with Crippen molar-refractivity contribution in [3.63, 3.8) is 0 Å². The topological polar surface area (TPSA) is 71.0 Å². The average molecular weight is 462 g/mol. The highest BCUT2D eigenvalue weighted by molar-refractivity contribution is 9.10. The Morgan fingerprint density at radius 3 is 2.57 bits per heavy atom. The molecule has 0 radical (unpaired) electrons. The molecule has 2 amide bonds. The molecule has 1 aliphatic rings. The molecule has 0 aliphatic carbocycles. The summed E-state index contributed by atoms with van der Waals surface area (Å²) in [7, 11) is 1.67. The number of aliphatic imine (C=N–C) groups is 1. The van der Waals surface area contributed by atoms with Crippen LogP contribution in [0.2, 0.25) is 0 Å². The van der Waals surface area contributed by atoms with Gasteiger partial charge in [0.25, 0.3) is 0 Å². The smallest absolute Gasteiger partial charge is 0.238 e. The van der Waals surface area contributed by atoms with E-state index >= 15 is 0 Å². The number of carbonyl (C=O) groups is 2. The molecule has 1 N–H and O–H groups in total. The fourth-order valence-corrected chi connectivity index (χ4v) is 3.88. The second-order valence-electron chi connectivity index (χ2n) is 6.08. The normalized spacial score (nSPS) is 18.2. The highest BCUT2D eigenvalue weighted by atomic mass is 79.9. The van der Waals surface area contributed by atoms with Crippen LogP contribution in [0.3, 0.4) is 0 Å². The van der Waals surface area contributed by atoms with Crippen molar-refractivity contribution in [1.29, 1.82) is 0 Å². The molecule has 8 heteroatoms. The number of rotatable bonds is 5. The molecule has 0 unspecified atom stereocenters. The molecule has 1 heterocycles. The number of benzene rings is 2. The molecule has 1 aliphatic heterocycles. The lowest BCUT2D eigenvalue weighted by molar-refractivity contribution is -0.128. The van der Waals surface area contributed by atoms with Gasteiger partial charge >= 0.3 is 0 Å². The van der Waals surface area contributed by atoms with Gasteiger partial charge in [-0.2, -0.15) is 0 Å². The lowest BCUT2D eigenvalue weighted by Gasteiger charge is -2.28. The quantitative estimate of drug-likeness (QED) is 0.714. The van der Waals surface area contributed by atoms with Crippen molar-refractivity contribution in [2.75, 3.05) is 19.0 Å². The molecule has 6 nitrogen and oxygen atoms in total. The molecule has 146 valence electrons. The first-order chi connectivity index (χ1) is 13.5. The molecule has 1 fully saturated rings. The molecule has 0 spiro atoms. The maximum absolute atomic E-state index is 12.6. The third-order valence-electron chi connectivity index (χ3n) is 4.05. The summed E-state index contributed by atoms with van der Waals surface area (Å²) in [4.78, 5) is 31.0. The van der Waals surface area contributed by atoms with E-state index in [1.54, 1.807) is 19.2 Å². The number of amides is 2. The Morgan fingerprint density at radius 1 is 1.25 bits per heavy atom. The van der Waals surface area contributed by atoms with Crippen molar-refractivity contribution >= 4 is 56.0 Å². The van der Waals surface area contributed by atoms with E-state index in [2.05, 4.69) is 26.2 Å². The van der Waals surface area contributed by atoms with E-state index in [-0.39, 0.29) is 18.2 Å². The van der Waals surface area contributed by atoms with Gasteiger partial charge in [-0.3, -0.25) is 14.5 Å². The standard InChI is InChI=1S/C20H20BrN3O3S/c1-3-27-16-10-8-15(9-11-16)23-20-24(2)18(25)12-17(28-20)19(26)22-14-6-4-13(21)5-7-14/h4-11,17H,3,12H2,1-2H3,(H,22,26)/t17-/m1/s1. The zero-order valence-corrected chi connectivity index (χ0v) is 17.9. The summed E-state index contributed by atoms with van der Waals surface area (Å²) < 4.78 is 6.36. The molecule has 0 aromatic heterocycles.